The number of hydrogen-bond acceptors (Lipinski definition) is 5. The van der Waals surface area contributed by atoms with Gasteiger partial charge in [-0.3, -0.25) is 9.98 Å². The summed E-state index contributed by atoms with van der Waals surface area (Å²) in [4.78, 5) is 11.0. The Hall–Kier alpha value is -1.91. The van der Waals surface area contributed by atoms with Crippen LogP contribution in [-0.4, -0.2) is 62.4 Å². The third kappa shape index (κ3) is 8.91. The maximum atomic E-state index is 5.95. The molecule has 176 valence electrons. The summed E-state index contributed by atoms with van der Waals surface area (Å²) in [6.07, 6.45) is 5.11. The van der Waals surface area contributed by atoms with Gasteiger partial charge in [0.15, 0.2) is 5.96 Å². The lowest BCUT2D eigenvalue weighted by atomic mass is 10.1. The van der Waals surface area contributed by atoms with Gasteiger partial charge in [0.1, 0.15) is 12.4 Å². The Labute approximate surface area is 208 Å². The molecule has 0 saturated carbocycles. The molecule has 1 fully saturated rings. The largest absolute Gasteiger partial charge is 0.487 e. The Morgan fingerprint density at radius 2 is 1.91 bits per heavy atom. The van der Waals surface area contributed by atoms with Crippen LogP contribution in [0, 0.1) is 0 Å². The summed E-state index contributed by atoms with van der Waals surface area (Å²) in [5.74, 6) is 1.78. The molecule has 1 N–H and O–H groups in total. The number of halogens is 1. The molecule has 0 radical (unpaired) electrons. The highest BCUT2D eigenvalue weighted by Crippen LogP contribution is 2.16. The van der Waals surface area contributed by atoms with E-state index in [2.05, 4.69) is 32.3 Å². The second kappa shape index (κ2) is 15.0. The summed E-state index contributed by atoms with van der Waals surface area (Å²) in [6, 6.07) is 14.0. The molecule has 2 aromatic rings. The first-order valence-corrected chi connectivity index (χ1v) is 11.0. The van der Waals surface area contributed by atoms with E-state index in [-0.39, 0.29) is 24.0 Å². The minimum Gasteiger partial charge on any atom is -0.487 e. The van der Waals surface area contributed by atoms with E-state index in [1.165, 1.54) is 5.56 Å². The number of nitrogens with one attached hydrogen (secondary N) is 1. The first-order valence-electron chi connectivity index (χ1n) is 11.0. The summed E-state index contributed by atoms with van der Waals surface area (Å²) in [5, 5.41) is 3.48. The smallest absolute Gasteiger partial charge is 0.193 e. The lowest BCUT2D eigenvalue weighted by molar-refractivity contribution is 0.00989. The molecule has 1 aromatic carbocycles. The molecular formula is C24H35IN4O3. The molecule has 1 saturated heterocycles. The Morgan fingerprint density at radius 3 is 2.56 bits per heavy atom. The van der Waals surface area contributed by atoms with E-state index in [9.17, 15) is 0 Å². The predicted molar refractivity (Wildman–Crippen MR) is 138 cm³/mol. The van der Waals surface area contributed by atoms with E-state index in [0.717, 1.165) is 69.5 Å². The van der Waals surface area contributed by atoms with E-state index >= 15 is 0 Å². The van der Waals surface area contributed by atoms with Gasteiger partial charge in [-0.05, 0) is 49.1 Å². The molecule has 3 rings (SSSR count). The molecule has 0 bridgehead atoms. The Balaban J connectivity index is 0.00000363. The summed E-state index contributed by atoms with van der Waals surface area (Å²) >= 11 is 0. The summed E-state index contributed by atoms with van der Waals surface area (Å²) < 4.78 is 16.8. The minimum atomic E-state index is 0. The van der Waals surface area contributed by atoms with Crippen molar-refractivity contribution in [3.63, 3.8) is 0 Å². The van der Waals surface area contributed by atoms with Crippen LogP contribution in [0.5, 0.6) is 5.75 Å². The van der Waals surface area contributed by atoms with Gasteiger partial charge in [-0.2, -0.15) is 0 Å². The van der Waals surface area contributed by atoms with E-state index in [1.54, 1.807) is 13.3 Å². The number of likely N-dealkylation sites (tertiary alicyclic amines) is 1. The van der Waals surface area contributed by atoms with Crippen LogP contribution in [0.4, 0.5) is 0 Å². The van der Waals surface area contributed by atoms with Crippen LogP contribution in [0.15, 0.2) is 53.7 Å². The van der Waals surface area contributed by atoms with Crippen molar-refractivity contribution in [2.24, 2.45) is 4.99 Å². The molecule has 0 aliphatic carbocycles. The lowest BCUT2D eigenvalue weighted by Crippen LogP contribution is -2.46. The number of rotatable bonds is 10. The first kappa shape index (κ1) is 26.3. The highest BCUT2D eigenvalue weighted by atomic mass is 127. The average molecular weight is 554 g/mol. The number of methoxy groups -OCH3 is 1. The number of guanidine groups is 1. The van der Waals surface area contributed by atoms with E-state index in [4.69, 9.17) is 14.2 Å². The Bertz CT molecular complexity index is 782. The molecule has 32 heavy (non-hydrogen) atoms. The minimum absolute atomic E-state index is 0. The second-order valence-corrected chi connectivity index (χ2v) is 7.56. The highest BCUT2D eigenvalue weighted by Gasteiger charge is 2.21. The molecule has 8 heteroatoms. The number of aliphatic imine (C=N–C) groups is 1. The zero-order valence-electron chi connectivity index (χ0n) is 19.0. The lowest BCUT2D eigenvalue weighted by Gasteiger charge is -2.34. The quantitative estimate of drug-likeness (QED) is 0.208. The molecule has 1 aliphatic heterocycles. The maximum absolute atomic E-state index is 5.95. The Kier molecular flexibility index (Phi) is 12.4. The third-order valence-corrected chi connectivity index (χ3v) is 5.29. The number of aromatic nitrogens is 1. The van der Waals surface area contributed by atoms with E-state index in [0.29, 0.717) is 12.7 Å². The number of nitrogens with zero attached hydrogens (tertiary/aromatic N) is 3. The van der Waals surface area contributed by atoms with Crippen molar-refractivity contribution in [1.82, 2.24) is 15.2 Å². The molecule has 1 aromatic heterocycles. The zero-order chi connectivity index (χ0) is 21.7. The van der Waals surface area contributed by atoms with Crippen molar-refractivity contribution in [3.05, 3.63) is 59.9 Å². The van der Waals surface area contributed by atoms with Crippen LogP contribution in [0.3, 0.4) is 0 Å². The van der Waals surface area contributed by atoms with Crippen LogP contribution in [0.25, 0.3) is 0 Å². The third-order valence-electron chi connectivity index (χ3n) is 5.29. The number of ether oxygens (including phenoxy) is 3. The molecule has 0 unspecified atom stereocenters. The average Bonchev–Trinajstić information content (AvgIpc) is 2.83. The second-order valence-electron chi connectivity index (χ2n) is 7.56. The van der Waals surface area contributed by atoms with Gasteiger partial charge < -0.3 is 24.4 Å². The predicted octanol–water partition coefficient (Wildman–Crippen LogP) is 3.87. The number of hydrogen-bond donors (Lipinski definition) is 1. The zero-order valence-corrected chi connectivity index (χ0v) is 21.4. The van der Waals surface area contributed by atoms with Gasteiger partial charge in [-0.1, -0.05) is 18.2 Å². The first-order chi connectivity index (χ1) is 15.3. The molecule has 7 nitrogen and oxygen atoms in total. The summed E-state index contributed by atoms with van der Waals surface area (Å²) in [7, 11) is 3.56. The SMILES string of the molecule is CN=C(NCc1ccc(OCc2ccccn2)cc1)N1CCC(OCCCOC)CC1.I. The van der Waals surface area contributed by atoms with Crippen molar-refractivity contribution < 1.29 is 14.2 Å². The van der Waals surface area contributed by atoms with Crippen LogP contribution in [0.1, 0.15) is 30.5 Å². The number of piperidine rings is 1. The van der Waals surface area contributed by atoms with Crippen molar-refractivity contribution in [2.75, 3.05) is 40.5 Å². The molecular weight excluding hydrogens is 519 g/mol. The fourth-order valence-corrected chi connectivity index (χ4v) is 3.55. The molecule has 0 amide bonds. The van der Waals surface area contributed by atoms with Crippen LogP contribution < -0.4 is 10.1 Å². The van der Waals surface area contributed by atoms with Gasteiger partial charge in [0.2, 0.25) is 0 Å². The maximum Gasteiger partial charge on any atom is 0.193 e. The summed E-state index contributed by atoms with van der Waals surface area (Å²) in [6.45, 7) is 4.63. The van der Waals surface area contributed by atoms with Gasteiger partial charge >= 0.3 is 0 Å². The van der Waals surface area contributed by atoms with Gasteiger partial charge in [-0.25, -0.2) is 0 Å². The van der Waals surface area contributed by atoms with Gasteiger partial charge in [-0.15, -0.1) is 24.0 Å². The van der Waals surface area contributed by atoms with Crippen molar-refractivity contribution in [3.8, 4) is 5.75 Å². The fourth-order valence-electron chi connectivity index (χ4n) is 3.55. The normalized spacial score (nSPS) is 14.7. The van der Waals surface area contributed by atoms with Crippen LogP contribution in [-0.2, 0) is 22.6 Å². The van der Waals surface area contributed by atoms with E-state index in [1.807, 2.05) is 37.4 Å². The Morgan fingerprint density at radius 1 is 1.12 bits per heavy atom. The van der Waals surface area contributed by atoms with Crippen molar-refractivity contribution >= 4 is 29.9 Å². The molecule has 2 heterocycles. The molecule has 0 atom stereocenters. The summed E-state index contributed by atoms with van der Waals surface area (Å²) in [5.41, 5.74) is 2.10. The van der Waals surface area contributed by atoms with E-state index < -0.39 is 0 Å². The van der Waals surface area contributed by atoms with Crippen LogP contribution >= 0.6 is 24.0 Å². The molecule has 1 aliphatic rings. The monoisotopic (exact) mass is 554 g/mol. The number of pyridine rings is 1. The van der Waals surface area contributed by atoms with Gasteiger partial charge in [0, 0.05) is 53.2 Å². The van der Waals surface area contributed by atoms with Gasteiger partial charge in [0.05, 0.1) is 11.8 Å². The fraction of sp³-hybridized carbons (Fsp3) is 0.500. The standard InChI is InChI=1S/C24H34N4O3.HI/c1-25-24(28-14-11-23(12-15-28)30-17-5-16-29-2)27-18-20-7-9-22(10-8-20)31-19-21-6-3-4-13-26-21;/h3-4,6-10,13,23H,5,11-12,14-19H2,1-2H3,(H,25,27);1H. The van der Waals surface area contributed by atoms with Crippen molar-refractivity contribution in [1.29, 1.82) is 0 Å². The number of benzene rings is 1. The van der Waals surface area contributed by atoms with Crippen molar-refractivity contribution in [2.45, 2.75) is 38.5 Å². The molecule has 0 spiro atoms. The van der Waals surface area contributed by atoms with Gasteiger partial charge in [0.25, 0.3) is 0 Å². The topological polar surface area (TPSA) is 68.2 Å². The highest BCUT2D eigenvalue weighted by molar-refractivity contribution is 14.0. The van der Waals surface area contributed by atoms with Crippen LogP contribution in [0.2, 0.25) is 0 Å².